The molecule has 0 aromatic heterocycles. The molecular weight excluding hydrogens is 258 g/mol. The molecule has 3 atom stereocenters. The smallest absolute Gasteiger partial charge is 0.115 e. The third-order valence-electron chi connectivity index (χ3n) is 4.71. The molecule has 0 heterocycles. The van der Waals surface area contributed by atoms with Gasteiger partial charge in [-0.05, 0) is 68.1 Å². The van der Waals surface area contributed by atoms with E-state index in [0.29, 0.717) is 23.2 Å². The highest BCUT2D eigenvalue weighted by Gasteiger charge is 2.32. The van der Waals surface area contributed by atoms with Crippen molar-refractivity contribution in [1.82, 2.24) is 5.32 Å². The van der Waals surface area contributed by atoms with E-state index in [2.05, 4.69) is 33.0 Å². The molecule has 1 aromatic rings. The Labute approximate surface area is 130 Å². The number of phenolic OH excluding ortho intramolecular Hbond substituents is 1. The summed E-state index contributed by atoms with van der Waals surface area (Å²) in [7, 11) is 0. The van der Waals surface area contributed by atoms with Crippen molar-refractivity contribution in [1.29, 1.82) is 0 Å². The number of aromatic hydroxyl groups is 1. The van der Waals surface area contributed by atoms with Crippen molar-refractivity contribution in [2.45, 2.75) is 71.9 Å². The largest absolute Gasteiger partial charge is 0.508 e. The van der Waals surface area contributed by atoms with Gasteiger partial charge in [0.05, 0.1) is 0 Å². The lowest BCUT2D eigenvalue weighted by molar-refractivity contribution is 0.144. The Hall–Kier alpha value is -1.02. The molecule has 0 spiro atoms. The van der Waals surface area contributed by atoms with Crippen molar-refractivity contribution >= 4 is 0 Å². The van der Waals surface area contributed by atoms with Crippen LogP contribution < -0.4 is 5.32 Å². The summed E-state index contributed by atoms with van der Waals surface area (Å²) >= 11 is 0. The summed E-state index contributed by atoms with van der Waals surface area (Å²) in [6, 6.07) is 8.81. The topological polar surface area (TPSA) is 32.3 Å². The normalized spacial score (nSPS) is 26.5. The molecular formula is C19H31NO. The van der Waals surface area contributed by atoms with Crippen LogP contribution in [0, 0.1) is 11.3 Å². The second-order valence-corrected chi connectivity index (χ2v) is 7.88. The predicted octanol–water partition coefficient (Wildman–Crippen LogP) is 4.52. The zero-order chi connectivity index (χ0) is 15.5. The van der Waals surface area contributed by atoms with Crippen LogP contribution in [0.5, 0.6) is 5.75 Å². The molecule has 0 saturated heterocycles. The first-order chi connectivity index (χ1) is 9.84. The van der Waals surface area contributed by atoms with Gasteiger partial charge in [-0.3, -0.25) is 0 Å². The predicted molar refractivity (Wildman–Crippen MR) is 89.6 cm³/mol. The van der Waals surface area contributed by atoms with E-state index in [4.69, 9.17) is 0 Å². The van der Waals surface area contributed by atoms with Crippen molar-refractivity contribution in [2.75, 3.05) is 0 Å². The van der Waals surface area contributed by atoms with Gasteiger partial charge in [0.1, 0.15) is 5.75 Å². The second-order valence-electron chi connectivity index (χ2n) is 7.88. The van der Waals surface area contributed by atoms with E-state index >= 15 is 0 Å². The van der Waals surface area contributed by atoms with Crippen LogP contribution >= 0.6 is 0 Å². The number of rotatable bonds is 5. The Kier molecular flexibility index (Phi) is 5.32. The highest BCUT2D eigenvalue weighted by Crippen LogP contribution is 2.38. The molecule has 2 N–H and O–H groups in total. The summed E-state index contributed by atoms with van der Waals surface area (Å²) in [5.41, 5.74) is 1.78. The molecule has 118 valence electrons. The summed E-state index contributed by atoms with van der Waals surface area (Å²) < 4.78 is 0. The Bertz CT molecular complexity index is 437. The number of benzene rings is 1. The van der Waals surface area contributed by atoms with Crippen LogP contribution in [0.2, 0.25) is 0 Å². The van der Waals surface area contributed by atoms with Crippen LogP contribution in [0.15, 0.2) is 24.3 Å². The maximum atomic E-state index is 9.31. The number of phenols is 1. The highest BCUT2D eigenvalue weighted by molar-refractivity contribution is 5.25. The minimum Gasteiger partial charge on any atom is -0.508 e. The lowest BCUT2D eigenvalue weighted by Gasteiger charge is -2.40. The average Bonchev–Trinajstić information content (AvgIpc) is 2.35. The SMILES string of the molecule is CC1CC(NC(C)CCc2ccc(O)cc2)CC(C)(C)C1. The van der Waals surface area contributed by atoms with Crippen molar-refractivity contribution in [3.05, 3.63) is 29.8 Å². The van der Waals surface area contributed by atoms with E-state index in [1.807, 2.05) is 12.1 Å². The Morgan fingerprint density at radius 2 is 1.90 bits per heavy atom. The van der Waals surface area contributed by atoms with Gasteiger partial charge in [0.2, 0.25) is 0 Å². The minimum atomic E-state index is 0.350. The van der Waals surface area contributed by atoms with E-state index in [0.717, 1.165) is 18.8 Å². The van der Waals surface area contributed by atoms with Crippen molar-refractivity contribution in [2.24, 2.45) is 11.3 Å². The van der Waals surface area contributed by atoms with E-state index < -0.39 is 0 Å². The molecule has 2 nitrogen and oxygen atoms in total. The Balaban J connectivity index is 1.78. The molecule has 0 amide bonds. The minimum absolute atomic E-state index is 0.350. The molecule has 1 aromatic carbocycles. The van der Waals surface area contributed by atoms with Gasteiger partial charge in [-0.1, -0.05) is 32.9 Å². The molecule has 0 aliphatic heterocycles. The summed E-state index contributed by atoms with van der Waals surface area (Å²) in [5, 5.41) is 13.1. The first kappa shape index (κ1) is 16.4. The molecule has 1 saturated carbocycles. The molecule has 21 heavy (non-hydrogen) atoms. The maximum absolute atomic E-state index is 9.31. The van der Waals surface area contributed by atoms with Crippen LogP contribution in [0.4, 0.5) is 0 Å². The monoisotopic (exact) mass is 289 g/mol. The first-order valence-electron chi connectivity index (χ1n) is 8.38. The maximum Gasteiger partial charge on any atom is 0.115 e. The van der Waals surface area contributed by atoms with E-state index in [1.165, 1.54) is 24.8 Å². The molecule has 0 bridgehead atoms. The summed E-state index contributed by atoms with van der Waals surface area (Å²) in [4.78, 5) is 0. The van der Waals surface area contributed by atoms with Gasteiger partial charge in [-0.15, -0.1) is 0 Å². The molecule has 0 radical (unpaired) electrons. The molecule has 2 rings (SSSR count). The lowest BCUT2D eigenvalue weighted by atomic mass is 9.70. The van der Waals surface area contributed by atoms with Crippen LogP contribution in [0.1, 0.15) is 58.9 Å². The van der Waals surface area contributed by atoms with Crippen molar-refractivity contribution in [3.8, 4) is 5.75 Å². The zero-order valence-corrected chi connectivity index (χ0v) is 14.0. The lowest BCUT2D eigenvalue weighted by Crippen LogP contribution is -2.44. The molecule has 1 fully saturated rings. The van der Waals surface area contributed by atoms with Gasteiger partial charge in [-0.25, -0.2) is 0 Å². The zero-order valence-electron chi connectivity index (χ0n) is 14.0. The fourth-order valence-electron chi connectivity index (χ4n) is 4.00. The molecule has 1 aliphatic carbocycles. The van der Waals surface area contributed by atoms with Gasteiger partial charge in [0, 0.05) is 12.1 Å². The number of hydrogen-bond donors (Lipinski definition) is 2. The quantitative estimate of drug-likeness (QED) is 0.835. The van der Waals surface area contributed by atoms with Crippen LogP contribution in [0.3, 0.4) is 0 Å². The Morgan fingerprint density at radius 3 is 2.52 bits per heavy atom. The van der Waals surface area contributed by atoms with Crippen molar-refractivity contribution in [3.63, 3.8) is 0 Å². The van der Waals surface area contributed by atoms with E-state index in [9.17, 15) is 5.11 Å². The number of hydrogen-bond acceptors (Lipinski definition) is 2. The van der Waals surface area contributed by atoms with E-state index in [1.54, 1.807) is 12.1 Å². The summed E-state index contributed by atoms with van der Waals surface area (Å²) in [6.45, 7) is 9.49. The van der Waals surface area contributed by atoms with E-state index in [-0.39, 0.29) is 0 Å². The second kappa shape index (κ2) is 6.83. The third kappa shape index (κ3) is 5.35. The standard InChI is InChI=1S/C19H31NO/c1-14-11-17(13-19(3,4)12-14)20-15(2)5-6-16-7-9-18(21)10-8-16/h7-10,14-15,17,20-21H,5-6,11-13H2,1-4H3. The highest BCUT2D eigenvalue weighted by atomic mass is 16.3. The van der Waals surface area contributed by atoms with Gasteiger partial charge < -0.3 is 10.4 Å². The van der Waals surface area contributed by atoms with Crippen LogP contribution in [0.25, 0.3) is 0 Å². The third-order valence-corrected chi connectivity index (χ3v) is 4.71. The van der Waals surface area contributed by atoms with Crippen LogP contribution in [-0.2, 0) is 6.42 Å². The summed E-state index contributed by atoms with van der Waals surface area (Å²) in [6.07, 6.45) is 6.18. The van der Waals surface area contributed by atoms with Gasteiger partial charge >= 0.3 is 0 Å². The van der Waals surface area contributed by atoms with Gasteiger partial charge in [0.15, 0.2) is 0 Å². The molecule has 3 unspecified atom stereocenters. The fraction of sp³-hybridized carbons (Fsp3) is 0.684. The van der Waals surface area contributed by atoms with Crippen LogP contribution in [-0.4, -0.2) is 17.2 Å². The Morgan fingerprint density at radius 1 is 1.24 bits per heavy atom. The summed E-state index contributed by atoms with van der Waals surface area (Å²) in [5.74, 6) is 1.18. The number of aryl methyl sites for hydroxylation is 1. The van der Waals surface area contributed by atoms with Crippen molar-refractivity contribution < 1.29 is 5.11 Å². The average molecular weight is 289 g/mol. The molecule has 1 aliphatic rings. The number of nitrogens with one attached hydrogen (secondary N) is 1. The first-order valence-corrected chi connectivity index (χ1v) is 8.38. The molecule has 2 heteroatoms. The van der Waals surface area contributed by atoms with Gasteiger partial charge in [-0.2, -0.15) is 0 Å². The van der Waals surface area contributed by atoms with Gasteiger partial charge in [0.25, 0.3) is 0 Å². The fourth-order valence-corrected chi connectivity index (χ4v) is 4.00.